The quantitative estimate of drug-likeness (QED) is 0.811. The minimum Gasteiger partial charge on any atom is -0.352 e. The number of carbonyl (C=O) groups excluding carboxylic acids is 1. The summed E-state index contributed by atoms with van der Waals surface area (Å²) >= 11 is 0. The third-order valence-corrected chi connectivity index (χ3v) is 5.37. The van der Waals surface area contributed by atoms with Crippen molar-refractivity contribution in [2.75, 3.05) is 0 Å². The number of imidazole rings is 1. The van der Waals surface area contributed by atoms with Crippen molar-refractivity contribution in [3.05, 3.63) is 18.2 Å². The molecular weight excluding hydrogens is 288 g/mol. The van der Waals surface area contributed by atoms with Gasteiger partial charge in [-0.3, -0.25) is 4.79 Å². The summed E-state index contributed by atoms with van der Waals surface area (Å²) in [7, 11) is 0. The number of hydrogen-bond acceptors (Lipinski definition) is 3. The number of carbonyl (C=O) groups is 1. The van der Waals surface area contributed by atoms with Crippen molar-refractivity contribution in [2.45, 2.75) is 89.4 Å². The summed E-state index contributed by atoms with van der Waals surface area (Å²) in [6, 6.07) is 1.49. The van der Waals surface area contributed by atoms with Crippen LogP contribution in [0, 0.1) is 0 Å². The molecule has 0 unspecified atom stereocenters. The van der Waals surface area contributed by atoms with Crippen LogP contribution in [0.4, 0.5) is 0 Å². The Hall–Kier alpha value is -1.36. The molecule has 0 aromatic carbocycles. The molecule has 23 heavy (non-hydrogen) atoms. The van der Waals surface area contributed by atoms with Crippen molar-refractivity contribution in [2.24, 2.45) is 0 Å². The number of hydrogen-bond donors (Lipinski definition) is 2. The van der Waals surface area contributed by atoms with Gasteiger partial charge >= 0.3 is 0 Å². The lowest BCUT2D eigenvalue weighted by molar-refractivity contribution is -0.122. The lowest BCUT2D eigenvalue weighted by Gasteiger charge is -2.41. The zero-order chi connectivity index (χ0) is 16.1. The van der Waals surface area contributed by atoms with Crippen molar-refractivity contribution < 1.29 is 4.79 Å². The first-order valence-electron chi connectivity index (χ1n) is 9.31. The third-order valence-electron chi connectivity index (χ3n) is 5.37. The Balaban J connectivity index is 1.39. The fourth-order valence-corrected chi connectivity index (χ4v) is 3.80. The Morgan fingerprint density at radius 2 is 2.00 bits per heavy atom. The smallest absolute Gasteiger partial charge is 0.222 e. The molecule has 128 valence electrons. The van der Waals surface area contributed by atoms with Crippen LogP contribution < -0.4 is 10.6 Å². The highest BCUT2D eigenvalue weighted by molar-refractivity contribution is 5.76. The van der Waals surface area contributed by atoms with Crippen LogP contribution in [0.25, 0.3) is 0 Å². The van der Waals surface area contributed by atoms with Crippen LogP contribution in [0.5, 0.6) is 0 Å². The predicted molar refractivity (Wildman–Crippen MR) is 91.2 cm³/mol. The molecule has 1 aromatic heterocycles. The van der Waals surface area contributed by atoms with E-state index in [0.717, 1.165) is 25.2 Å². The second kappa shape index (κ2) is 7.95. The first kappa shape index (κ1) is 16.5. The molecule has 2 fully saturated rings. The van der Waals surface area contributed by atoms with Gasteiger partial charge in [-0.25, -0.2) is 4.98 Å². The number of aromatic nitrogens is 2. The van der Waals surface area contributed by atoms with Gasteiger partial charge < -0.3 is 15.2 Å². The Labute approximate surface area is 139 Å². The summed E-state index contributed by atoms with van der Waals surface area (Å²) in [5, 5.41) is 6.99. The Kier molecular flexibility index (Phi) is 5.70. The fraction of sp³-hybridized carbons (Fsp3) is 0.778. The third kappa shape index (κ3) is 4.34. The number of nitrogens with zero attached hydrogens (tertiary/aromatic N) is 2. The van der Waals surface area contributed by atoms with Gasteiger partial charge in [-0.15, -0.1) is 0 Å². The average Bonchev–Trinajstić information content (AvgIpc) is 3.03. The molecule has 5 nitrogen and oxygen atoms in total. The molecule has 3 rings (SSSR count). The van der Waals surface area contributed by atoms with Crippen LogP contribution in [-0.4, -0.2) is 33.6 Å². The van der Waals surface area contributed by atoms with Crippen molar-refractivity contribution in [3.8, 4) is 0 Å². The molecule has 2 N–H and O–H groups in total. The van der Waals surface area contributed by atoms with Gasteiger partial charge in [-0.1, -0.05) is 26.2 Å². The molecule has 0 radical (unpaired) electrons. The van der Waals surface area contributed by atoms with Gasteiger partial charge in [0.15, 0.2) is 0 Å². The first-order chi connectivity index (χ1) is 11.3. The lowest BCUT2D eigenvalue weighted by atomic mass is 9.84. The van der Waals surface area contributed by atoms with Crippen LogP contribution in [0.15, 0.2) is 12.4 Å². The molecule has 2 atom stereocenters. The fourth-order valence-electron chi connectivity index (χ4n) is 3.80. The highest BCUT2D eigenvalue weighted by Gasteiger charge is 2.33. The van der Waals surface area contributed by atoms with Crippen molar-refractivity contribution in [1.29, 1.82) is 0 Å². The largest absolute Gasteiger partial charge is 0.352 e. The van der Waals surface area contributed by atoms with Crippen molar-refractivity contribution >= 4 is 5.91 Å². The summed E-state index contributed by atoms with van der Waals surface area (Å²) in [6.45, 7) is 2.82. The Morgan fingerprint density at radius 1 is 1.22 bits per heavy atom. The molecule has 2 aliphatic rings. The zero-order valence-corrected chi connectivity index (χ0v) is 14.3. The van der Waals surface area contributed by atoms with Gasteiger partial charge in [-0.2, -0.15) is 0 Å². The SMILES string of the molecule is CCc1nccn1CCC(=O)N[C@@H]1CC[C@@H]1NC1CCCCC1. The highest BCUT2D eigenvalue weighted by Crippen LogP contribution is 2.24. The predicted octanol–water partition coefficient (Wildman–Crippen LogP) is 2.41. The molecular formula is C18H30N4O. The summed E-state index contributed by atoms with van der Waals surface area (Å²) < 4.78 is 2.08. The second-order valence-corrected chi connectivity index (χ2v) is 7.00. The molecule has 5 heteroatoms. The first-order valence-corrected chi connectivity index (χ1v) is 9.31. The maximum Gasteiger partial charge on any atom is 0.222 e. The van der Waals surface area contributed by atoms with E-state index in [1.807, 2.05) is 12.4 Å². The summed E-state index contributed by atoms with van der Waals surface area (Å²) in [5.74, 6) is 1.22. The number of amides is 1. The van der Waals surface area contributed by atoms with E-state index in [1.165, 1.54) is 38.5 Å². The molecule has 0 spiro atoms. The standard InChI is InChI=1S/C18H30N4O/c1-2-17-19-11-13-22(17)12-10-18(23)21-16-9-8-15(16)20-14-6-4-3-5-7-14/h11,13-16,20H,2-10,12H2,1H3,(H,21,23)/t15-,16+/m0/s1. The highest BCUT2D eigenvalue weighted by atomic mass is 16.1. The van der Waals surface area contributed by atoms with Crippen LogP contribution in [0.3, 0.4) is 0 Å². The maximum absolute atomic E-state index is 12.2. The van der Waals surface area contributed by atoms with Crippen LogP contribution >= 0.6 is 0 Å². The van der Waals surface area contributed by atoms with Gasteiger partial charge in [0.25, 0.3) is 0 Å². The molecule has 1 aromatic rings. The molecule has 0 aliphatic heterocycles. The topological polar surface area (TPSA) is 59.0 Å². The van der Waals surface area contributed by atoms with E-state index in [1.54, 1.807) is 0 Å². The van der Waals surface area contributed by atoms with Gasteiger partial charge in [0.05, 0.1) is 0 Å². The number of nitrogens with one attached hydrogen (secondary N) is 2. The molecule has 0 saturated heterocycles. The van der Waals surface area contributed by atoms with Crippen LogP contribution in [-0.2, 0) is 17.8 Å². The lowest BCUT2D eigenvalue weighted by Crippen LogP contribution is -2.59. The van der Waals surface area contributed by atoms with Crippen LogP contribution in [0.1, 0.15) is 64.1 Å². The van der Waals surface area contributed by atoms with E-state index in [0.29, 0.717) is 24.5 Å². The van der Waals surface area contributed by atoms with Crippen molar-refractivity contribution in [1.82, 2.24) is 20.2 Å². The van der Waals surface area contributed by atoms with E-state index in [9.17, 15) is 4.79 Å². The second-order valence-electron chi connectivity index (χ2n) is 7.00. The monoisotopic (exact) mass is 318 g/mol. The van der Waals surface area contributed by atoms with Gasteiger partial charge in [0.2, 0.25) is 5.91 Å². The number of aryl methyl sites for hydroxylation is 2. The summed E-state index contributed by atoms with van der Waals surface area (Å²) in [6.07, 6.45) is 14.2. The molecule has 1 heterocycles. The van der Waals surface area contributed by atoms with E-state index < -0.39 is 0 Å². The Morgan fingerprint density at radius 3 is 2.70 bits per heavy atom. The zero-order valence-electron chi connectivity index (χ0n) is 14.3. The minimum atomic E-state index is 0.167. The summed E-state index contributed by atoms with van der Waals surface area (Å²) in [4.78, 5) is 16.5. The molecule has 0 bridgehead atoms. The molecule has 1 amide bonds. The van der Waals surface area contributed by atoms with Crippen LogP contribution in [0.2, 0.25) is 0 Å². The minimum absolute atomic E-state index is 0.167. The van der Waals surface area contributed by atoms with Gasteiger partial charge in [0.1, 0.15) is 5.82 Å². The Bertz CT molecular complexity index is 507. The maximum atomic E-state index is 12.2. The van der Waals surface area contributed by atoms with E-state index in [-0.39, 0.29) is 5.91 Å². The van der Waals surface area contributed by atoms with E-state index in [4.69, 9.17) is 0 Å². The molecule has 2 saturated carbocycles. The summed E-state index contributed by atoms with van der Waals surface area (Å²) in [5.41, 5.74) is 0. The van der Waals surface area contributed by atoms with Gasteiger partial charge in [-0.05, 0) is 25.7 Å². The average molecular weight is 318 g/mol. The molecule has 2 aliphatic carbocycles. The van der Waals surface area contributed by atoms with E-state index in [2.05, 4.69) is 27.1 Å². The normalized spacial score (nSPS) is 25.1. The van der Waals surface area contributed by atoms with E-state index >= 15 is 0 Å². The number of rotatable bonds is 7. The van der Waals surface area contributed by atoms with Gasteiger partial charge in [0, 0.05) is 49.9 Å². The van der Waals surface area contributed by atoms with Crippen molar-refractivity contribution in [3.63, 3.8) is 0 Å².